The van der Waals surface area contributed by atoms with E-state index in [4.69, 9.17) is 4.74 Å². The number of carbonyl (C=O) groups excluding carboxylic acids is 3. The zero-order valence-corrected chi connectivity index (χ0v) is 13.5. The van der Waals surface area contributed by atoms with Gasteiger partial charge in [-0.1, -0.05) is 0 Å². The molecular formula is C16H25N3O4. The van der Waals surface area contributed by atoms with Crippen LogP contribution in [0.5, 0.6) is 0 Å². The Morgan fingerprint density at radius 3 is 2.39 bits per heavy atom. The summed E-state index contributed by atoms with van der Waals surface area (Å²) >= 11 is 0. The maximum atomic E-state index is 12.0. The van der Waals surface area contributed by atoms with Crippen molar-refractivity contribution in [1.82, 2.24) is 15.1 Å². The molecule has 1 N–H and O–H groups in total. The molecular weight excluding hydrogens is 298 g/mol. The van der Waals surface area contributed by atoms with Crippen LogP contribution in [0.15, 0.2) is 0 Å². The van der Waals surface area contributed by atoms with Crippen LogP contribution in [0.1, 0.15) is 32.1 Å². The van der Waals surface area contributed by atoms with Crippen molar-refractivity contribution >= 4 is 17.7 Å². The largest absolute Gasteiger partial charge is 0.379 e. The third-order valence-corrected chi connectivity index (χ3v) is 5.00. The van der Waals surface area contributed by atoms with Crippen LogP contribution < -0.4 is 5.32 Å². The van der Waals surface area contributed by atoms with Gasteiger partial charge in [0.25, 0.3) is 0 Å². The van der Waals surface area contributed by atoms with E-state index in [1.165, 1.54) is 4.90 Å². The predicted octanol–water partition coefficient (Wildman–Crippen LogP) is -0.246. The van der Waals surface area contributed by atoms with Crippen molar-refractivity contribution in [2.75, 3.05) is 45.9 Å². The normalized spacial score (nSPS) is 24.1. The highest BCUT2D eigenvalue weighted by Crippen LogP contribution is 2.45. The Bertz CT molecular complexity index is 468. The summed E-state index contributed by atoms with van der Waals surface area (Å²) in [5.74, 6) is -0.395. The van der Waals surface area contributed by atoms with Gasteiger partial charge in [0.05, 0.1) is 13.2 Å². The molecule has 2 saturated heterocycles. The summed E-state index contributed by atoms with van der Waals surface area (Å²) in [5.41, 5.74) is 0.215. The van der Waals surface area contributed by atoms with E-state index in [9.17, 15) is 14.4 Å². The highest BCUT2D eigenvalue weighted by molar-refractivity contribution is 6.02. The van der Waals surface area contributed by atoms with Gasteiger partial charge in [-0.05, 0) is 12.8 Å². The number of amides is 3. The highest BCUT2D eigenvalue weighted by atomic mass is 16.5. The van der Waals surface area contributed by atoms with E-state index >= 15 is 0 Å². The second-order valence-electron chi connectivity index (χ2n) is 6.85. The summed E-state index contributed by atoms with van der Waals surface area (Å²) in [7, 11) is 0. The Balaban J connectivity index is 1.37. The molecule has 2 heterocycles. The van der Waals surface area contributed by atoms with Gasteiger partial charge in [0.15, 0.2) is 0 Å². The topological polar surface area (TPSA) is 79.0 Å². The van der Waals surface area contributed by atoms with Gasteiger partial charge in [0.2, 0.25) is 17.7 Å². The zero-order chi connectivity index (χ0) is 16.3. The number of hydrogen-bond donors (Lipinski definition) is 1. The Kier molecular flexibility index (Phi) is 4.96. The van der Waals surface area contributed by atoms with E-state index in [1.54, 1.807) is 0 Å². The smallest absolute Gasteiger partial charge is 0.229 e. The van der Waals surface area contributed by atoms with Gasteiger partial charge in [-0.15, -0.1) is 0 Å². The average Bonchev–Trinajstić information content (AvgIpc) is 3.24. The molecule has 1 aliphatic carbocycles. The predicted molar refractivity (Wildman–Crippen MR) is 82.5 cm³/mol. The molecule has 0 radical (unpaired) electrons. The number of imide groups is 1. The minimum Gasteiger partial charge on any atom is -0.379 e. The van der Waals surface area contributed by atoms with E-state index in [0.717, 1.165) is 45.7 Å². The zero-order valence-electron chi connectivity index (χ0n) is 13.5. The number of morpholine rings is 1. The lowest BCUT2D eigenvalue weighted by Gasteiger charge is -2.30. The summed E-state index contributed by atoms with van der Waals surface area (Å²) in [6.45, 7) is 5.43. The van der Waals surface area contributed by atoms with Gasteiger partial charge in [-0.3, -0.25) is 24.2 Å². The molecule has 7 nitrogen and oxygen atoms in total. The van der Waals surface area contributed by atoms with Crippen LogP contribution in [0.4, 0.5) is 0 Å². The first-order valence-electron chi connectivity index (χ1n) is 8.48. The lowest BCUT2D eigenvalue weighted by Crippen LogP contribution is -2.43. The van der Waals surface area contributed by atoms with E-state index in [0.29, 0.717) is 6.54 Å². The summed E-state index contributed by atoms with van der Waals surface area (Å²) < 4.78 is 5.36. The monoisotopic (exact) mass is 323 g/mol. The highest BCUT2D eigenvalue weighted by Gasteiger charge is 2.44. The fourth-order valence-electron chi connectivity index (χ4n) is 3.26. The molecule has 0 spiro atoms. The third kappa shape index (κ3) is 4.29. The molecule has 3 amide bonds. The van der Waals surface area contributed by atoms with Crippen LogP contribution >= 0.6 is 0 Å². The number of nitrogens with zero attached hydrogens (tertiary/aromatic N) is 2. The second-order valence-corrected chi connectivity index (χ2v) is 6.85. The van der Waals surface area contributed by atoms with Crippen molar-refractivity contribution < 1.29 is 19.1 Å². The Labute approximate surface area is 136 Å². The van der Waals surface area contributed by atoms with Crippen LogP contribution in [-0.2, 0) is 19.1 Å². The van der Waals surface area contributed by atoms with E-state index in [1.807, 2.05) is 0 Å². The van der Waals surface area contributed by atoms with Crippen molar-refractivity contribution in [3.05, 3.63) is 0 Å². The van der Waals surface area contributed by atoms with Gasteiger partial charge in [0, 0.05) is 57.4 Å². The lowest BCUT2D eigenvalue weighted by atomic mass is 10.1. The molecule has 128 valence electrons. The Hall–Kier alpha value is -1.47. The molecule has 3 fully saturated rings. The van der Waals surface area contributed by atoms with E-state index < -0.39 is 0 Å². The quantitative estimate of drug-likeness (QED) is 0.654. The van der Waals surface area contributed by atoms with E-state index in [2.05, 4.69) is 10.2 Å². The fourth-order valence-corrected chi connectivity index (χ4v) is 3.26. The fraction of sp³-hybridized carbons (Fsp3) is 0.812. The molecule has 0 aromatic rings. The van der Waals surface area contributed by atoms with Gasteiger partial charge < -0.3 is 10.1 Å². The van der Waals surface area contributed by atoms with Gasteiger partial charge in [-0.25, -0.2) is 0 Å². The van der Waals surface area contributed by atoms with Crippen molar-refractivity contribution in [3.8, 4) is 0 Å². The third-order valence-electron chi connectivity index (χ3n) is 5.00. The number of ether oxygens (including phenoxy) is 1. The van der Waals surface area contributed by atoms with Crippen molar-refractivity contribution in [2.45, 2.75) is 32.1 Å². The first-order valence-corrected chi connectivity index (χ1v) is 8.48. The number of nitrogens with one attached hydrogen (secondary N) is 1. The van der Waals surface area contributed by atoms with Gasteiger partial charge >= 0.3 is 0 Å². The molecule has 0 unspecified atom stereocenters. The molecule has 0 bridgehead atoms. The molecule has 7 heteroatoms. The van der Waals surface area contributed by atoms with Crippen LogP contribution in [0.2, 0.25) is 0 Å². The molecule has 2 aliphatic heterocycles. The van der Waals surface area contributed by atoms with Crippen LogP contribution in [0.3, 0.4) is 0 Å². The average molecular weight is 323 g/mol. The summed E-state index contributed by atoms with van der Waals surface area (Å²) in [6.07, 6.45) is 3.05. The number of hydrogen-bond acceptors (Lipinski definition) is 5. The van der Waals surface area contributed by atoms with Crippen molar-refractivity contribution in [3.63, 3.8) is 0 Å². The van der Waals surface area contributed by atoms with Gasteiger partial charge in [-0.2, -0.15) is 0 Å². The molecule has 23 heavy (non-hydrogen) atoms. The summed E-state index contributed by atoms with van der Waals surface area (Å²) in [5, 5.41) is 2.98. The molecule has 3 rings (SSSR count). The first-order chi connectivity index (χ1) is 11.1. The molecule has 0 aromatic heterocycles. The Morgan fingerprint density at radius 2 is 1.78 bits per heavy atom. The van der Waals surface area contributed by atoms with E-state index in [-0.39, 0.29) is 48.9 Å². The number of likely N-dealkylation sites (tertiary alicyclic amines) is 1. The van der Waals surface area contributed by atoms with Crippen LogP contribution in [-0.4, -0.2) is 73.5 Å². The lowest BCUT2D eigenvalue weighted by molar-refractivity contribution is -0.138. The molecule has 0 atom stereocenters. The van der Waals surface area contributed by atoms with Crippen molar-refractivity contribution in [2.24, 2.45) is 5.41 Å². The van der Waals surface area contributed by atoms with Crippen LogP contribution in [0, 0.1) is 5.41 Å². The van der Waals surface area contributed by atoms with Gasteiger partial charge in [0.1, 0.15) is 0 Å². The maximum absolute atomic E-state index is 12.0. The molecule has 3 aliphatic rings. The van der Waals surface area contributed by atoms with Crippen LogP contribution in [0.25, 0.3) is 0 Å². The summed E-state index contributed by atoms with van der Waals surface area (Å²) in [4.78, 5) is 38.6. The standard InChI is InChI=1S/C16H25N3O4/c20-13(3-6-19-14(21)1-2-15(19)22)17-11-16(4-5-16)12-18-7-9-23-10-8-18/h1-12H2,(H,17,20). The minimum absolute atomic E-state index is 0.0780. The van der Waals surface area contributed by atoms with Crippen molar-refractivity contribution in [1.29, 1.82) is 0 Å². The SMILES string of the molecule is O=C(CCN1C(=O)CCC1=O)NCC1(CN2CCOCC2)CC1. The molecule has 0 aromatic carbocycles. The molecule has 1 saturated carbocycles. The number of carbonyl (C=O) groups is 3. The maximum Gasteiger partial charge on any atom is 0.229 e. The first kappa shape index (κ1) is 16.4. The number of rotatable bonds is 7. The summed E-state index contributed by atoms with van der Waals surface area (Å²) in [6, 6.07) is 0. The Morgan fingerprint density at radius 1 is 1.13 bits per heavy atom. The minimum atomic E-state index is -0.159. The second kappa shape index (κ2) is 6.97.